The molecule has 1 aliphatic rings. The number of hydrogen-bond acceptors (Lipinski definition) is 3. The summed E-state index contributed by atoms with van der Waals surface area (Å²) in [6.07, 6.45) is 12.1. The third-order valence-electron chi connectivity index (χ3n) is 4.96. The summed E-state index contributed by atoms with van der Waals surface area (Å²) < 4.78 is 30.3. The molecule has 1 aliphatic carbocycles. The lowest BCUT2D eigenvalue weighted by atomic mass is 9.88. The molecule has 6 heteroatoms. The first-order valence-electron chi connectivity index (χ1n) is 10.6. The second-order valence-corrected chi connectivity index (χ2v) is 7.80. The second kappa shape index (κ2) is 12.7. The van der Waals surface area contributed by atoms with Crippen molar-refractivity contribution in [1.82, 2.24) is 5.32 Å². The van der Waals surface area contributed by atoms with Gasteiger partial charge in [-0.2, -0.15) is 0 Å². The third kappa shape index (κ3) is 9.48. The Morgan fingerprint density at radius 1 is 1.24 bits per heavy atom. The van der Waals surface area contributed by atoms with Crippen LogP contribution in [0.2, 0.25) is 0 Å². The molecule has 4 nitrogen and oxygen atoms in total. The molecule has 0 heterocycles. The number of allylic oxidation sites excluding steroid dienone is 4. The molecule has 29 heavy (non-hydrogen) atoms. The van der Waals surface area contributed by atoms with E-state index in [4.69, 9.17) is 10.1 Å². The fraction of sp³-hybridized carbons (Fsp3) is 0.652. The molecule has 0 aliphatic heterocycles. The summed E-state index contributed by atoms with van der Waals surface area (Å²) in [5.41, 5.74) is 2.49. The lowest BCUT2D eigenvalue weighted by Crippen LogP contribution is -2.31. The molecule has 0 atom stereocenters. The van der Waals surface area contributed by atoms with Crippen molar-refractivity contribution in [1.29, 1.82) is 5.41 Å². The summed E-state index contributed by atoms with van der Waals surface area (Å²) in [6, 6.07) is 0. The number of rotatable bonds is 13. The molecule has 1 rings (SSSR count). The summed E-state index contributed by atoms with van der Waals surface area (Å²) in [5, 5.41) is 10.9. The first-order valence-corrected chi connectivity index (χ1v) is 10.6. The molecular formula is C23H36F2N2O2. The van der Waals surface area contributed by atoms with Gasteiger partial charge in [-0.15, -0.1) is 0 Å². The Balaban J connectivity index is 2.65. The van der Waals surface area contributed by atoms with Gasteiger partial charge < -0.3 is 15.5 Å². The zero-order valence-electron chi connectivity index (χ0n) is 18.2. The highest BCUT2D eigenvalue weighted by molar-refractivity contribution is 6.14. The van der Waals surface area contributed by atoms with E-state index in [1.807, 2.05) is 6.92 Å². The molecule has 0 radical (unpaired) electrons. The summed E-state index contributed by atoms with van der Waals surface area (Å²) in [4.78, 5) is 12.5. The Labute approximate surface area is 174 Å². The van der Waals surface area contributed by atoms with Crippen LogP contribution in [-0.2, 0) is 9.53 Å². The van der Waals surface area contributed by atoms with E-state index in [-0.39, 0.29) is 19.1 Å². The van der Waals surface area contributed by atoms with Crippen LogP contribution >= 0.6 is 0 Å². The molecule has 0 saturated carbocycles. The fourth-order valence-electron chi connectivity index (χ4n) is 3.53. The Hall–Kier alpha value is -1.82. The predicted octanol–water partition coefficient (Wildman–Crippen LogP) is 5.60. The highest BCUT2D eigenvalue weighted by Gasteiger charge is 2.21. The van der Waals surface area contributed by atoms with Crippen molar-refractivity contribution in [3.05, 3.63) is 34.9 Å². The zero-order chi connectivity index (χ0) is 21.9. The molecule has 0 aromatic heterocycles. The van der Waals surface area contributed by atoms with Crippen molar-refractivity contribution in [3.63, 3.8) is 0 Å². The lowest BCUT2D eigenvalue weighted by molar-refractivity contribution is -0.117. The van der Waals surface area contributed by atoms with Gasteiger partial charge in [-0.05, 0) is 49.0 Å². The van der Waals surface area contributed by atoms with E-state index in [1.165, 1.54) is 25.7 Å². The molecule has 0 aromatic rings. The number of amides is 1. The van der Waals surface area contributed by atoms with Crippen molar-refractivity contribution in [2.24, 2.45) is 5.92 Å². The van der Waals surface area contributed by atoms with E-state index >= 15 is 0 Å². The number of carbonyl (C=O) groups is 1. The van der Waals surface area contributed by atoms with E-state index in [0.29, 0.717) is 17.2 Å². The maximum absolute atomic E-state index is 12.7. The number of alkyl halides is 2. The van der Waals surface area contributed by atoms with Gasteiger partial charge in [-0.25, -0.2) is 8.78 Å². The van der Waals surface area contributed by atoms with Gasteiger partial charge in [0.1, 0.15) is 6.61 Å². The Bertz CT molecular complexity index is 640. The number of nitrogens with one attached hydrogen (secondary N) is 2. The molecule has 0 fully saturated rings. The van der Waals surface area contributed by atoms with Gasteiger partial charge in [0.25, 0.3) is 11.8 Å². The van der Waals surface area contributed by atoms with Gasteiger partial charge in [-0.1, -0.05) is 45.6 Å². The summed E-state index contributed by atoms with van der Waals surface area (Å²) in [6.45, 7) is 6.58. The maximum atomic E-state index is 12.7. The van der Waals surface area contributed by atoms with Crippen LogP contribution in [0.1, 0.15) is 66.2 Å². The van der Waals surface area contributed by atoms with Crippen molar-refractivity contribution in [3.8, 4) is 0 Å². The summed E-state index contributed by atoms with van der Waals surface area (Å²) >= 11 is 0. The van der Waals surface area contributed by atoms with Gasteiger partial charge in [0, 0.05) is 19.0 Å². The van der Waals surface area contributed by atoms with Crippen molar-refractivity contribution in [2.75, 3.05) is 19.8 Å². The molecule has 0 bridgehead atoms. The Morgan fingerprint density at radius 3 is 2.48 bits per heavy atom. The SMILES string of the molecule is CCCC(CCC)CC/C=C1\C(=N)C=CC(C(=O)NCCOCC(C)(F)F)=C1C. The fourth-order valence-corrected chi connectivity index (χ4v) is 3.53. The molecule has 0 spiro atoms. The van der Waals surface area contributed by atoms with Gasteiger partial charge in [0.05, 0.1) is 12.3 Å². The van der Waals surface area contributed by atoms with Gasteiger partial charge in [0.15, 0.2) is 0 Å². The quantitative estimate of drug-likeness (QED) is 0.388. The third-order valence-corrected chi connectivity index (χ3v) is 4.96. The van der Waals surface area contributed by atoms with Gasteiger partial charge in [-0.3, -0.25) is 4.79 Å². The highest BCUT2D eigenvalue weighted by atomic mass is 19.3. The minimum atomic E-state index is -2.87. The minimum absolute atomic E-state index is 0.0278. The van der Waals surface area contributed by atoms with E-state index in [2.05, 4.69) is 25.2 Å². The smallest absolute Gasteiger partial charge is 0.268 e. The predicted molar refractivity (Wildman–Crippen MR) is 115 cm³/mol. The highest BCUT2D eigenvalue weighted by Crippen LogP contribution is 2.25. The van der Waals surface area contributed by atoms with E-state index in [9.17, 15) is 13.6 Å². The first-order chi connectivity index (χ1) is 13.7. The van der Waals surface area contributed by atoms with E-state index < -0.39 is 12.5 Å². The molecule has 1 amide bonds. The molecule has 0 unspecified atom stereocenters. The number of carbonyl (C=O) groups excluding carboxylic acids is 1. The number of ether oxygens (including phenoxy) is 1. The maximum Gasteiger partial charge on any atom is 0.268 e. The van der Waals surface area contributed by atoms with Crippen LogP contribution in [0.5, 0.6) is 0 Å². The van der Waals surface area contributed by atoms with Crippen molar-refractivity contribution in [2.45, 2.75) is 72.1 Å². The van der Waals surface area contributed by atoms with Crippen LogP contribution in [0.15, 0.2) is 34.9 Å². The molecule has 0 aromatic carbocycles. The van der Waals surface area contributed by atoms with Crippen molar-refractivity contribution < 1.29 is 18.3 Å². The number of halogens is 2. The molecule has 164 valence electrons. The largest absolute Gasteiger partial charge is 0.373 e. The van der Waals surface area contributed by atoms with Crippen LogP contribution in [0.4, 0.5) is 8.78 Å². The topological polar surface area (TPSA) is 62.2 Å². The Kier molecular flexibility index (Phi) is 11.0. The second-order valence-electron chi connectivity index (χ2n) is 7.80. The van der Waals surface area contributed by atoms with Gasteiger partial charge in [0.2, 0.25) is 0 Å². The van der Waals surface area contributed by atoms with Gasteiger partial charge >= 0.3 is 0 Å². The van der Waals surface area contributed by atoms with E-state index in [0.717, 1.165) is 30.9 Å². The van der Waals surface area contributed by atoms with Crippen LogP contribution in [-0.4, -0.2) is 37.3 Å². The Morgan fingerprint density at radius 2 is 1.90 bits per heavy atom. The molecular weight excluding hydrogens is 374 g/mol. The molecule has 0 saturated heterocycles. The van der Waals surface area contributed by atoms with Crippen LogP contribution in [0, 0.1) is 11.3 Å². The van der Waals surface area contributed by atoms with Crippen LogP contribution < -0.4 is 5.32 Å². The normalized spacial score (nSPS) is 16.2. The summed E-state index contributed by atoms with van der Waals surface area (Å²) in [7, 11) is 0. The molecule has 2 N–H and O–H groups in total. The monoisotopic (exact) mass is 410 g/mol. The summed E-state index contributed by atoms with van der Waals surface area (Å²) in [5.74, 6) is -2.45. The minimum Gasteiger partial charge on any atom is -0.373 e. The number of hydrogen-bond donors (Lipinski definition) is 2. The average molecular weight is 411 g/mol. The lowest BCUT2D eigenvalue weighted by Gasteiger charge is -2.18. The zero-order valence-corrected chi connectivity index (χ0v) is 18.2. The van der Waals surface area contributed by atoms with Crippen LogP contribution in [0.25, 0.3) is 0 Å². The van der Waals surface area contributed by atoms with Crippen molar-refractivity contribution >= 4 is 11.6 Å². The standard InChI is InChI=1S/C23H36F2N2O2/c1-5-8-18(9-6-2)10-7-11-19-17(3)20(12-13-21(19)26)22(28)27-14-15-29-16-23(4,24)25/h11-13,18,26H,5-10,14-16H2,1-4H3,(H,27,28)/b19-11-,26-21?. The average Bonchev–Trinajstić information content (AvgIpc) is 2.63. The van der Waals surface area contributed by atoms with Crippen LogP contribution in [0.3, 0.4) is 0 Å². The first kappa shape index (κ1) is 25.2. The van der Waals surface area contributed by atoms with E-state index in [1.54, 1.807) is 12.2 Å².